The fraction of sp³-hybridized carbons (Fsp3) is 0.741. The second-order valence-corrected chi connectivity index (χ2v) is 9.84. The average Bonchev–Trinajstić information content (AvgIpc) is 2.75. The first kappa shape index (κ1) is 22.4. The van der Waals surface area contributed by atoms with E-state index in [0.29, 0.717) is 11.5 Å². The first-order valence-corrected chi connectivity index (χ1v) is 12.4. The quantitative estimate of drug-likeness (QED) is 0.328. The van der Waals surface area contributed by atoms with Crippen LogP contribution in [0.3, 0.4) is 0 Å². The lowest BCUT2D eigenvalue weighted by Gasteiger charge is -2.34. The summed E-state index contributed by atoms with van der Waals surface area (Å²) in [6, 6.07) is 8.36. The molecule has 2 nitrogen and oxygen atoms in total. The maximum atomic E-state index is 12.6. The van der Waals surface area contributed by atoms with Crippen molar-refractivity contribution in [2.24, 2.45) is 17.8 Å². The molecular weight excluding hydrogens is 356 g/mol. The lowest BCUT2D eigenvalue weighted by molar-refractivity contribution is 0.0164. The molecule has 3 unspecified atom stereocenters. The number of rotatable bonds is 8. The average molecular weight is 399 g/mol. The van der Waals surface area contributed by atoms with Gasteiger partial charge < -0.3 is 4.74 Å². The molecule has 3 atom stereocenters. The van der Waals surface area contributed by atoms with Gasteiger partial charge in [0, 0.05) is 0 Å². The van der Waals surface area contributed by atoms with Crippen molar-refractivity contribution in [2.45, 2.75) is 110 Å². The zero-order chi connectivity index (χ0) is 20.6. The molecule has 0 amide bonds. The highest BCUT2D eigenvalue weighted by Crippen LogP contribution is 2.42. The third-order valence-electron chi connectivity index (χ3n) is 7.71. The molecule has 0 aliphatic heterocycles. The van der Waals surface area contributed by atoms with Gasteiger partial charge in [-0.05, 0) is 86.3 Å². The van der Waals surface area contributed by atoms with Crippen LogP contribution in [0.4, 0.5) is 0 Å². The normalized spacial score (nSPS) is 30.1. The predicted octanol–water partition coefficient (Wildman–Crippen LogP) is 7.91. The zero-order valence-electron chi connectivity index (χ0n) is 19.0. The monoisotopic (exact) mass is 398 g/mol. The van der Waals surface area contributed by atoms with Crippen molar-refractivity contribution in [1.82, 2.24) is 0 Å². The summed E-state index contributed by atoms with van der Waals surface area (Å²) in [5.74, 6) is 3.00. The predicted molar refractivity (Wildman–Crippen MR) is 121 cm³/mol. The summed E-state index contributed by atoms with van der Waals surface area (Å²) in [5.41, 5.74) is 2.12. The molecule has 0 saturated heterocycles. The largest absolute Gasteiger partial charge is 0.459 e. The highest BCUT2D eigenvalue weighted by molar-refractivity contribution is 5.89. The summed E-state index contributed by atoms with van der Waals surface area (Å²) in [5, 5.41) is 0. The van der Waals surface area contributed by atoms with Crippen molar-refractivity contribution in [3.8, 4) is 0 Å². The topological polar surface area (TPSA) is 26.3 Å². The van der Waals surface area contributed by atoms with Crippen LogP contribution < -0.4 is 0 Å². The van der Waals surface area contributed by atoms with Gasteiger partial charge in [0.15, 0.2) is 0 Å². The Hall–Kier alpha value is -1.31. The Morgan fingerprint density at radius 3 is 2.24 bits per heavy atom. The van der Waals surface area contributed by atoms with Crippen molar-refractivity contribution >= 4 is 5.97 Å². The van der Waals surface area contributed by atoms with Crippen LogP contribution in [0.25, 0.3) is 0 Å². The molecule has 162 valence electrons. The minimum Gasteiger partial charge on any atom is -0.459 e. The fourth-order valence-electron chi connectivity index (χ4n) is 5.69. The van der Waals surface area contributed by atoms with Gasteiger partial charge in [-0.1, -0.05) is 65.0 Å². The molecule has 2 aliphatic carbocycles. The van der Waals surface area contributed by atoms with Crippen LogP contribution in [0.15, 0.2) is 24.3 Å². The van der Waals surface area contributed by atoms with Gasteiger partial charge >= 0.3 is 5.97 Å². The Kier molecular flexibility index (Phi) is 8.63. The number of unbranched alkanes of at least 4 members (excludes halogenated alkanes) is 2. The first-order chi connectivity index (χ1) is 14.1. The minimum atomic E-state index is -0.135. The molecule has 2 heteroatoms. The Morgan fingerprint density at radius 2 is 1.62 bits per heavy atom. The van der Waals surface area contributed by atoms with Gasteiger partial charge in [-0.3, -0.25) is 0 Å². The van der Waals surface area contributed by atoms with Crippen molar-refractivity contribution < 1.29 is 9.53 Å². The van der Waals surface area contributed by atoms with Crippen LogP contribution in [0, 0.1) is 17.8 Å². The van der Waals surface area contributed by atoms with Gasteiger partial charge in [0.2, 0.25) is 0 Å². The van der Waals surface area contributed by atoms with Crippen molar-refractivity contribution in [3.05, 3.63) is 35.4 Å². The van der Waals surface area contributed by atoms with E-state index in [1.165, 1.54) is 69.8 Å². The van der Waals surface area contributed by atoms with E-state index in [1.54, 1.807) is 0 Å². The Bertz CT molecular complexity index is 612. The van der Waals surface area contributed by atoms with E-state index in [0.717, 1.165) is 30.6 Å². The van der Waals surface area contributed by atoms with E-state index >= 15 is 0 Å². The summed E-state index contributed by atoms with van der Waals surface area (Å²) in [6.07, 6.45) is 15.4. The van der Waals surface area contributed by atoms with E-state index < -0.39 is 0 Å². The maximum absolute atomic E-state index is 12.6. The zero-order valence-corrected chi connectivity index (χ0v) is 19.0. The Labute approximate surface area is 178 Å². The molecule has 0 heterocycles. The van der Waals surface area contributed by atoms with E-state index in [4.69, 9.17) is 4.74 Å². The van der Waals surface area contributed by atoms with Crippen LogP contribution in [0.5, 0.6) is 0 Å². The molecule has 2 fully saturated rings. The van der Waals surface area contributed by atoms with Crippen LogP contribution in [-0.2, 0) is 4.74 Å². The SMILES string of the molecule is CCCCCC1CCC(c2ccc(C(=O)OC3CCC(CC)CC3)cc2)C(C)C1. The molecule has 1 aromatic carbocycles. The van der Waals surface area contributed by atoms with Gasteiger partial charge in [-0.15, -0.1) is 0 Å². The smallest absolute Gasteiger partial charge is 0.338 e. The summed E-state index contributed by atoms with van der Waals surface area (Å²) in [7, 11) is 0. The number of esters is 1. The van der Waals surface area contributed by atoms with Gasteiger partial charge in [-0.2, -0.15) is 0 Å². The van der Waals surface area contributed by atoms with Gasteiger partial charge in [0.1, 0.15) is 6.10 Å². The molecule has 3 rings (SSSR count). The molecule has 1 aromatic rings. The number of ether oxygens (including phenoxy) is 1. The van der Waals surface area contributed by atoms with E-state index in [1.807, 2.05) is 12.1 Å². The van der Waals surface area contributed by atoms with Crippen molar-refractivity contribution in [2.75, 3.05) is 0 Å². The summed E-state index contributed by atoms with van der Waals surface area (Å²) in [4.78, 5) is 12.6. The van der Waals surface area contributed by atoms with Crippen LogP contribution in [0.2, 0.25) is 0 Å². The number of carbonyl (C=O) groups excluding carboxylic acids is 1. The lowest BCUT2D eigenvalue weighted by Crippen LogP contribution is -2.24. The number of carbonyl (C=O) groups is 1. The molecule has 0 spiro atoms. The molecule has 0 bridgehead atoms. The van der Waals surface area contributed by atoms with Gasteiger partial charge in [0.05, 0.1) is 5.56 Å². The molecule has 0 radical (unpaired) electrons. The third kappa shape index (κ3) is 6.33. The molecule has 0 N–H and O–H groups in total. The highest BCUT2D eigenvalue weighted by atomic mass is 16.5. The minimum absolute atomic E-state index is 0.119. The fourth-order valence-corrected chi connectivity index (χ4v) is 5.69. The third-order valence-corrected chi connectivity index (χ3v) is 7.71. The first-order valence-electron chi connectivity index (χ1n) is 12.4. The number of benzene rings is 1. The molecule has 0 aromatic heterocycles. The second kappa shape index (κ2) is 11.2. The van der Waals surface area contributed by atoms with E-state index in [9.17, 15) is 4.79 Å². The Balaban J connectivity index is 1.49. The van der Waals surface area contributed by atoms with Crippen LogP contribution in [0.1, 0.15) is 120 Å². The second-order valence-electron chi connectivity index (χ2n) is 9.84. The summed E-state index contributed by atoms with van der Waals surface area (Å²) < 4.78 is 5.80. The van der Waals surface area contributed by atoms with Crippen molar-refractivity contribution in [3.63, 3.8) is 0 Å². The van der Waals surface area contributed by atoms with E-state index in [2.05, 4.69) is 32.9 Å². The summed E-state index contributed by atoms with van der Waals surface area (Å²) >= 11 is 0. The Morgan fingerprint density at radius 1 is 0.931 bits per heavy atom. The standard InChI is InChI=1S/C27H42O2/c1-4-6-7-8-22-11-18-26(20(3)19-22)23-12-14-24(15-13-23)27(28)29-25-16-9-21(5-2)10-17-25/h12-15,20-22,25-26H,4-11,16-19H2,1-3H3. The number of hydrogen-bond donors (Lipinski definition) is 0. The van der Waals surface area contributed by atoms with Crippen molar-refractivity contribution in [1.29, 1.82) is 0 Å². The maximum Gasteiger partial charge on any atom is 0.338 e. The molecule has 2 saturated carbocycles. The highest BCUT2D eigenvalue weighted by Gasteiger charge is 2.29. The van der Waals surface area contributed by atoms with Gasteiger partial charge in [-0.25, -0.2) is 4.79 Å². The van der Waals surface area contributed by atoms with E-state index in [-0.39, 0.29) is 12.1 Å². The summed E-state index contributed by atoms with van der Waals surface area (Å²) in [6.45, 7) is 6.97. The molecular formula is C27H42O2. The lowest BCUT2D eigenvalue weighted by atomic mass is 9.71. The molecule has 29 heavy (non-hydrogen) atoms. The molecule has 2 aliphatic rings. The van der Waals surface area contributed by atoms with Crippen LogP contribution >= 0.6 is 0 Å². The van der Waals surface area contributed by atoms with Gasteiger partial charge in [0.25, 0.3) is 0 Å². The number of hydrogen-bond acceptors (Lipinski definition) is 2. The van der Waals surface area contributed by atoms with Crippen LogP contribution in [-0.4, -0.2) is 12.1 Å².